The van der Waals surface area contributed by atoms with Crippen molar-refractivity contribution in [1.29, 1.82) is 0 Å². The summed E-state index contributed by atoms with van der Waals surface area (Å²) in [4.78, 5) is 6.78. The normalized spacial score (nSPS) is 24.8. The first-order valence-electron chi connectivity index (χ1n) is 6.41. The summed E-state index contributed by atoms with van der Waals surface area (Å²) in [5.74, 6) is 1.49. The minimum atomic E-state index is -0.112. The summed E-state index contributed by atoms with van der Waals surface area (Å²) in [6.45, 7) is 7.82. The molecule has 0 amide bonds. The topological polar surface area (TPSA) is 58.5 Å². The average molecular weight is 271 g/mol. The Balaban J connectivity index is 2.06. The molecule has 0 spiro atoms. The van der Waals surface area contributed by atoms with E-state index < -0.39 is 0 Å². The van der Waals surface area contributed by atoms with Gasteiger partial charge in [-0.05, 0) is 12.8 Å². The Morgan fingerprint density at radius 1 is 1.56 bits per heavy atom. The van der Waals surface area contributed by atoms with Crippen LogP contribution in [0.25, 0.3) is 0 Å². The van der Waals surface area contributed by atoms with Crippen molar-refractivity contribution in [2.24, 2.45) is 5.92 Å². The molecule has 0 bridgehead atoms. The van der Waals surface area contributed by atoms with E-state index in [1.807, 2.05) is 0 Å². The molecule has 18 heavy (non-hydrogen) atoms. The fraction of sp³-hybridized carbons (Fsp3) is 0.833. The van der Waals surface area contributed by atoms with Crippen LogP contribution in [0.5, 0.6) is 0 Å². The zero-order valence-electron chi connectivity index (χ0n) is 11.2. The van der Waals surface area contributed by atoms with Crippen molar-refractivity contribution in [1.82, 2.24) is 9.36 Å². The van der Waals surface area contributed by atoms with Crippen molar-refractivity contribution in [2.75, 3.05) is 24.7 Å². The number of morpholine rings is 1. The van der Waals surface area contributed by atoms with E-state index in [0.717, 1.165) is 17.4 Å². The lowest BCUT2D eigenvalue weighted by atomic mass is 10.1. The first kappa shape index (κ1) is 13.7. The maximum absolute atomic E-state index is 9.18. The molecule has 2 rings (SSSR count). The molecule has 1 saturated heterocycles. The number of anilines is 1. The van der Waals surface area contributed by atoms with Gasteiger partial charge in [0.05, 0.1) is 25.4 Å². The second-order valence-electron chi connectivity index (χ2n) is 5.23. The summed E-state index contributed by atoms with van der Waals surface area (Å²) in [7, 11) is 0. The molecule has 5 nitrogen and oxygen atoms in total. The number of nitrogens with zero attached hydrogens (tertiary/aromatic N) is 3. The Hall–Kier alpha value is -0.720. The molecule has 2 unspecified atom stereocenters. The summed E-state index contributed by atoms with van der Waals surface area (Å²) >= 11 is 1.44. The highest BCUT2D eigenvalue weighted by Gasteiger charge is 2.28. The minimum Gasteiger partial charge on any atom is -0.394 e. The first-order valence-corrected chi connectivity index (χ1v) is 7.19. The summed E-state index contributed by atoms with van der Waals surface area (Å²) in [5, 5.41) is 10.1. The molecular weight excluding hydrogens is 250 g/mol. The molecule has 1 N–H and O–H groups in total. The van der Waals surface area contributed by atoms with Crippen LogP contribution in [0.3, 0.4) is 0 Å². The van der Waals surface area contributed by atoms with Gasteiger partial charge < -0.3 is 14.7 Å². The van der Waals surface area contributed by atoms with Gasteiger partial charge in [-0.3, -0.25) is 0 Å². The zero-order chi connectivity index (χ0) is 13.1. The molecule has 2 heterocycles. The Kier molecular flexibility index (Phi) is 4.53. The maximum Gasteiger partial charge on any atom is 0.205 e. The van der Waals surface area contributed by atoms with Gasteiger partial charge in [0.2, 0.25) is 5.13 Å². The fourth-order valence-corrected chi connectivity index (χ4v) is 2.81. The second kappa shape index (κ2) is 5.95. The molecule has 6 heteroatoms. The van der Waals surface area contributed by atoms with Gasteiger partial charge in [0.25, 0.3) is 0 Å². The smallest absolute Gasteiger partial charge is 0.205 e. The van der Waals surface area contributed by atoms with Crippen molar-refractivity contribution >= 4 is 16.7 Å². The van der Waals surface area contributed by atoms with Gasteiger partial charge in [0, 0.05) is 24.5 Å². The van der Waals surface area contributed by atoms with Crippen molar-refractivity contribution in [2.45, 2.75) is 39.3 Å². The van der Waals surface area contributed by atoms with Crippen LogP contribution in [0, 0.1) is 5.92 Å². The molecule has 0 aromatic carbocycles. The van der Waals surface area contributed by atoms with E-state index in [1.165, 1.54) is 11.5 Å². The third-order valence-electron chi connectivity index (χ3n) is 3.00. The highest BCUT2D eigenvalue weighted by Crippen LogP contribution is 2.24. The van der Waals surface area contributed by atoms with Crippen LogP contribution in [0.4, 0.5) is 5.13 Å². The van der Waals surface area contributed by atoms with Crippen LogP contribution in [-0.4, -0.2) is 46.4 Å². The van der Waals surface area contributed by atoms with Gasteiger partial charge in [-0.2, -0.15) is 4.37 Å². The van der Waals surface area contributed by atoms with Gasteiger partial charge in [-0.1, -0.05) is 13.8 Å². The molecule has 2 atom stereocenters. The van der Waals surface area contributed by atoms with Crippen molar-refractivity contribution in [3.05, 3.63) is 5.82 Å². The van der Waals surface area contributed by atoms with Crippen LogP contribution >= 0.6 is 11.5 Å². The molecule has 0 saturated carbocycles. The lowest BCUT2D eigenvalue weighted by Gasteiger charge is -2.36. The molecule has 1 aliphatic rings. The van der Waals surface area contributed by atoms with Gasteiger partial charge >= 0.3 is 0 Å². The Morgan fingerprint density at radius 3 is 3.00 bits per heavy atom. The van der Waals surface area contributed by atoms with E-state index in [-0.39, 0.29) is 18.8 Å². The van der Waals surface area contributed by atoms with Gasteiger partial charge in [-0.25, -0.2) is 4.98 Å². The Labute approximate surface area is 112 Å². The third-order valence-corrected chi connectivity index (χ3v) is 3.79. The molecule has 1 aliphatic heterocycles. The monoisotopic (exact) mass is 271 g/mol. The number of aliphatic hydroxyl groups excluding tert-OH is 1. The number of ether oxygens (including phenoxy) is 1. The number of hydrogen-bond acceptors (Lipinski definition) is 6. The summed E-state index contributed by atoms with van der Waals surface area (Å²) in [5.41, 5.74) is 0. The standard InChI is InChI=1S/C12H21N3O2S/c1-8(2)4-11-13-12(18-14-11)15-5-10(6-16)17-7-9(15)3/h8-10,16H,4-7H2,1-3H3. The largest absolute Gasteiger partial charge is 0.394 e. The summed E-state index contributed by atoms with van der Waals surface area (Å²) < 4.78 is 9.93. The molecule has 1 aromatic rings. The van der Waals surface area contributed by atoms with Crippen LogP contribution in [0.2, 0.25) is 0 Å². The van der Waals surface area contributed by atoms with E-state index in [9.17, 15) is 5.11 Å². The van der Waals surface area contributed by atoms with E-state index in [2.05, 4.69) is 35.0 Å². The van der Waals surface area contributed by atoms with Gasteiger partial charge in [0.15, 0.2) is 0 Å². The lowest BCUT2D eigenvalue weighted by molar-refractivity contribution is -0.0103. The van der Waals surface area contributed by atoms with Crippen molar-refractivity contribution in [3.8, 4) is 0 Å². The lowest BCUT2D eigenvalue weighted by Crippen LogP contribution is -2.49. The molecule has 0 radical (unpaired) electrons. The molecular formula is C12H21N3O2S. The van der Waals surface area contributed by atoms with Crippen LogP contribution in [0.15, 0.2) is 0 Å². The molecule has 1 aromatic heterocycles. The van der Waals surface area contributed by atoms with E-state index in [0.29, 0.717) is 19.1 Å². The van der Waals surface area contributed by atoms with Crippen LogP contribution in [0.1, 0.15) is 26.6 Å². The zero-order valence-corrected chi connectivity index (χ0v) is 12.0. The van der Waals surface area contributed by atoms with E-state index in [1.54, 1.807) is 0 Å². The molecule has 0 aliphatic carbocycles. The van der Waals surface area contributed by atoms with Gasteiger partial charge in [-0.15, -0.1) is 0 Å². The van der Waals surface area contributed by atoms with Gasteiger partial charge in [0.1, 0.15) is 5.82 Å². The minimum absolute atomic E-state index is 0.0564. The van der Waals surface area contributed by atoms with Crippen molar-refractivity contribution < 1.29 is 9.84 Å². The number of rotatable bonds is 4. The molecule has 102 valence electrons. The quantitative estimate of drug-likeness (QED) is 0.895. The third kappa shape index (κ3) is 3.18. The number of aromatic nitrogens is 2. The maximum atomic E-state index is 9.18. The summed E-state index contributed by atoms with van der Waals surface area (Å²) in [6, 6.07) is 0.285. The predicted octanol–water partition coefficient (Wildman–Crippen LogP) is 1.32. The van der Waals surface area contributed by atoms with Crippen LogP contribution in [-0.2, 0) is 11.2 Å². The average Bonchev–Trinajstić information content (AvgIpc) is 2.77. The molecule has 1 fully saturated rings. The van der Waals surface area contributed by atoms with Crippen LogP contribution < -0.4 is 4.90 Å². The second-order valence-corrected chi connectivity index (χ2v) is 5.96. The number of hydrogen-bond donors (Lipinski definition) is 1. The predicted molar refractivity (Wildman–Crippen MR) is 72.1 cm³/mol. The summed E-state index contributed by atoms with van der Waals surface area (Å²) in [6.07, 6.45) is 0.803. The Morgan fingerprint density at radius 2 is 2.33 bits per heavy atom. The fourth-order valence-electron chi connectivity index (χ4n) is 2.00. The van der Waals surface area contributed by atoms with Crippen molar-refractivity contribution in [3.63, 3.8) is 0 Å². The SMILES string of the molecule is CC(C)Cc1nsc(N2CC(CO)OCC2C)n1. The number of aliphatic hydroxyl groups is 1. The first-order chi connectivity index (χ1) is 8.60. The highest BCUT2D eigenvalue weighted by atomic mass is 32.1. The van der Waals surface area contributed by atoms with E-state index >= 15 is 0 Å². The highest BCUT2D eigenvalue weighted by molar-refractivity contribution is 7.09. The Bertz CT molecular complexity index is 383. The van der Waals surface area contributed by atoms with E-state index in [4.69, 9.17) is 4.74 Å².